The Labute approximate surface area is 146 Å². The SMILES string of the molecule is N=C(N)[N+](N)(N)N.N=C(N)[N+](N)(N)N.N=C(N)[N+](N)(N)N.O=P([O-])([O-])[O-]. The number of guanidine groups is 3. The molecule has 0 aliphatic carbocycles. The molecule has 0 aliphatic rings. The molecule has 0 saturated heterocycles. The van der Waals surface area contributed by atoms with Crippen molar-refractivity contribution >= 4 is 25.7 Å². The van der Waals surface area contributed by atoms with Crippen LogP contribution in [0.25, 0.3) is 0 Å². The molecule has 0 saturated carbocycles. The third-order valence-electron chi connectivity index (χ3n) is 1.25. The van der Waals surface area contributed by atoms with Crippen LogP contribution in [-0.2, 0) is 4.57 Å². The molecule has 0 rings (SSSR count). The van der Waals surface area contributed by atoms with E-state index in [9.17, 15) is 0 Å². The summed E-state index contributed by atoms with van der Waals surface area (Å²) in [5.74, 6) is 41.9. The van der Waals surface area contributed by atoms with Gasteiger partial charge in [0.1, 0.15) is 0 Å². The molecule has 0 aromatic carbocycles. The first-order chi connectivity index (χ1) is 10.8. The van der Waals surface area contributed by atoms with Crippen LogP contribution in [0, 0.1) is 16.2 Å². The molecule has 0 atom stereocenters. The number of phosphoric acid groups is 1. The van der Waals surface area contributed by atoms with Crippen LogP contribution in [0.3, 0.4) is 0 Å². The summed E-state index contributed by atoms with van der Waals surface area (Å²) in [5.41, 5.74) is 14.2. The average Bonchev–Trinajstić information content (AvgIpc) is 2.23. The van der Waals surface area contributed by atoms with Gasteiger partial charge in [-0.3, -0.25) is 0 Å². The summed E-state index contributed by atoms with van der Waals surface area (Å²) in [6.45, 7) is 0. The second kappa shape index (κ2) is 11.6. The van der Waals surface area contributed by atoms with E-state index in [2.05, 4.69) is 0 Å². The second-order valence-electron chi connectivity index (χ2n) is 4.11. The van der Waals surface area contributed by atoms with Crippen molar-refractivity contribution < 1.29 is 33.7 Å². The van der Waals surface area contributed by atoms with Gasteiger partial charge >= 0.3 is 17.9 Å². The highest BCUT2D eigenvalue weighted by Gasteiger charge is 2.15. The van der Waals surface area contributed by atoms with Crippen LogP contribution in [0.4, 0.5) is 0 Å². The molecule has 0 radical (unpaired) electrons. The highest BCUT2D eigenvalue weighted by atomic mass is 31.2. The number of quaternary nitrogens is 3. The maximum absolute atomic E-state index is 8.55. The highest BCUT2D eigenvalue weighted by Crippen LogP contribution is 2.03. The fourth-order valence-corrected chi connectivity index (χ4v) is 0. The summed E-state index contributed by atoms with van der Waals surface area (Å²) in [7, 11) is -5.39. The van der Waals surface area contributed by atoms with Crippen LogP contribution in [0.15, 0.2) is 0 Å². The zero-order valence-corrected chi connectivity index (χ0v) is 14.2. The monoisotopic (exact) mass is 410 g/mol. The Morgan fingerprint density at radius 2 is 0.615 bits per heavy atom. The normalized spacial score (nSPS) is 11.4. The lowest BCUT2D eigenvalue weighted by atomic mass is 11.0. The number of nitrogens with two attached hydrogens (primary N) is 12. The minimum Gasteiger partial charge on any atom is -0.822 e. The molecule has 22 nitrogen and oxygen atoms in total. The summed E-state index contributed by atoms with van der Waals surface area (Å²) < 4.78 is 8.55. The lowest BCUT2D eigenvalue weighted by Gasteiger charge is -2.36. The third-order valence-corrected chi connectivity index (χ3v) is 1.25. The van der Waals surface area contributed by atoms with E-state index in [1.54, 1.807) is 0 Å². The van der Waals surface area contributed by atoms with Gasteiger partial charge in [-0.2, -0.15) is 7.82 Å². The van der Waals surface area contributed by atoms with Crippen LogP contribution in [-0.4, -0.2) is 32.3 Å². The van der Waals surface area contributed by atoms with Crippen molar-refractivity contribution in [3.8, 4) is 0 Å². The van der Waals surface area contributed by atoms with Gasteiger partial charge in [-0.15, -0.1) is 52.6 Å². The van der Waals surface area contributed by atoms with Gasteiger partial charge in [0.15, 0.2) is 0 Å². The zero-order valence-electron chi connectivity index (χ0n) is 13.4. The van der Waals surface area contributed by atoms with Crippen molar-refractivity contribution in [1.29, 1.82) is 16.2 Å². The minimum atomic E-state index is -5.39. The molecule has 0 bridgehead atoms. The van der Waals surface area contributed by atoms with Crippen molar-refractivity contribution in [2.75, 3.05) is 0 Å². The van der Waals surface area contributed by atoms with Crippen LogP contribution in [0.5, 0.6) is 0 Å². The zero-order chi connectivity index (χ0) is 22.7. The summed E-state index contributed by atoms with van der Waals surface area (Å²) in [6, 6.07) is 0. The largest absolute Gasteiger partial charge is 0.822 e. The summed E-state index contributed by atoms with van der Waals surface area (Å²) in [4.78, 5) is 22.4. The van der Waals surface area contributed by atoms with E-state index in [0.717, 1.165) is 0 Å². The van der Waals surface area contributed by atoms with E-state index >= 15 is 0 Å². The van der Waals surface area contributed by atoms with Crippen LogP contribution in [0.1, 0.15) is 0 Å². The third kappa shape index (κ3) is 37.9. The van der Waals surface area contributed by atoms with Crippen molar-refractivity contribution in [3.05, 3.63) is 0 Å². The fourth-order valence-electron chi connectivity index (χ4n) is 0. The van der Waals surface area contributed by atoms with E-state index in [0.29, 0.717) is 0 Å². The number of hydrogen-bond donors (Lipinski definition) is 15. The van der Waals surface area contributed by atoms with Crippen LogP contribution >= 0.6 is 7.82 Å². The predicted molar refractivity (Wildman–Crippen MR) is 81.8 cm³/mol. The fraction of sp³-hybridized carbons (Fsp3) is 0. The van der Waals surface area contributed by atoms with Gasteiger partial charge in [0.05, 0.1) is 0 Å². The lowest BCUT2D eigenvalue weighted by molar-refractivity contribution is -0.880. The molecule has 27 N–H and O–H groups in total. The van der Waals surface area contributed by atoms with Crippen LogP contribution in [0.2, 0.25) is 0 Å². The second-order valence-corrected chi connectivity index (χ2v) is 5.00. The van der Waals surface area contributed by atoms with Gasteiger partial charge < -0.3 is 36.4 Å². The summed E-state index contributed by atoms with van der Waals surface area (Å²) >= 11 is 0. The molecule has 0 fully saturated rings. The van der Waals surface area contributed by atoms with Gasteiger partial charge in [-0.1, -0.05) is 0 Å². The van der Waals surface area contributed by atoms with E-state index in [-0.39, 0.29) is 0 Å². The smallest absolute Gasteiger partial charge is 0.352 e. The summed E-state index contributed by atoms with van der Waals surface area (Å²) in [6.07, 6.45) is 0. The van der Waals surface area contributed by atoms with Crippen molar-refractivity contribution in [1.82, 2.24) is 0 Å². The Morgan fingerprint density at radius 1 is 0.577 bits per heavy atom. The van der Waals surface area contributed by atoms with Gasteiger partial charge in [0.2, 0.25) is 0 Å². The van der Waals surface area contributed by atoms with E-state index in [4.69, 9.17) is 105 Å². The molecule has 158 valence electrons. The minimum absolute atomic E-state index is 0.486. The van der Waals surface area contributed by atoms with E-state index in [1.165, 1.54) is 0 Å². The Hall–Kier alpha value is -1.96. The highest BCUT2D eigenvalue weighted by molar-refractivity contribution is 7.40. The first-order valence-corrected chi connectivity index (χ1v) is 6.80. The van der Waals surface area contributed by atoms with Crippen molar-refractivity contribution in [2.24, 2.45) is 69.8 Å². The Bertz CT molecular complexity index is 425. The summed E-state index contributed by atoms with van der Waals surface area (Å²) in [5, 5.41) is 19.6. The first-order valence-electron chi connectivity index (χ1n) is 5.34. The van der Waals surface area contributed by atoms with E-state index in [1.807, 2.05) is 0 Å². The van der Waals surface area contributed by atoms with Gasteiger partial charge in [-0.05, 0) is 14.4 Å². The van der Waals surface area contributed by atoms with Gasteiger partial charge in [0, 0.05) is 0 Å². The average molecular weight is 410 g/mol. The maximum Gasteiger partial charge on any atom is 0.352 e. The molecule has 26 heavy (non-hydrogen) atoms. The number of nitrogens with one attached hydrogen (secondary N) is 3. The molecular formula is C3H27N18O4P. The first kappa shape index (κ1) is 31.8. The standard InChI is InChI=1S/3CH9N6.H3O4P/c3*2-1(3)7(4,5)6;1-5(2,3)4/h3*4-6H2,(H3,2,3);(H3,1,2,3,4)/q3*+1;/p-3. The predicted octanol–water partition coefficient (Wildman–Crippen LogP) is -10.9. The molecule has 0 spiro atoms. The molecule has 0 aromatic heterocycles. The van der Waals surface area contributed by atoms with Gasteiger partial charge in [-0.25, -0.2) is 16.2 Å². The topological polar surface area (TPSA) is 470 Å². The van der Waals surface area contributed by atoms with Crippen molar-refractivity contribution in [2.45, 2.75) is 0 Å². The molecule has 0 amide bonds. The van der Waals surface area contributed by atoms with Crippen LogP contribution < -0.4 is 84.5 Å². The molecule has 0 aliphatic heterocycles. The molecule has 23 heteroatoms. The number of nitrogens with zero attached hydrogens (tertiary/aromatic N) is 3. The molecular weight excluding hydrogens is 383 g/mol. The molecule has 0 heterocycles. The number of rotatable bonds is 0. The van der Waals surface area contributed by atoms with E-state index < -0.39 is 40.1 Å². The molecule has 0 aromatic rings. The quantitative estimate of drug-likeness (QED) is 0.0439. The Morgan fingerprint density at radius 3 is 0.615 bits per heavy atom. The van der Waals surface area contributed by atoms with Crippen molar-refractivity contribution in [3.63, 3.8) is 0 Å². The Balaban J connectivity index is -0.000000125. The maximum atomic E-state index is 8.55. The lowest BCUT2D eigenvalue weighted by Crippen LogP contribution is -2.71. The van der Waals surface area contributed by atoms with Gasteiger partial charge in [0.25, 0.3) is 0 Å². The Kier molecular flexibility index (Phi) is 14.2. The number of hydrogen-bond acceptors (Lipinski definition) is 16. The molecule has 0 unspecified atom stereocenters.